The Morgan fingerprint density at radius 1 is 1.27 bits per heavy atom. The summed E-state index contributed by atoms with van der Waals surface area (Å²) in [6.45, 7) is 5.53. The number of aromatic nitrogens is 2. The fourth-order valence-corrected chi connectivity index (χ4v) is 4.20. The van der Waals surface area contributed by atoms with Crippen LogP contribution in [0.25, 0.3) is 0 Å². The van der Waals surface area contributed by atoms with Gasteiger partial charge in [-0.2, -0.15) is 4.98 Å². The first-order valence-corrected chi connectivity index (χ1v) is 9.59. The van der Waals surface area contributed by atoms with E-state index in [2.05, 4.69) is 16.0 Å². The van der Waals surface area contributed by atoms with E-state index >= 15 is 0 Å². The van der Waals surface area contributed by atoms with E-state index in [9.17, 15) is 4.79 Å². The highest BCUT2D eigenvalue weighted by Gasteiger charge is 2.41. The van der Waals surface area contributed by atoms with Crippen molar-refractivity contribution in [1.29, 1.82) is 0 Å². The number of carbonyl (C=O) groups is 1. The Kier molecular flexibility index (Phi) is 5.65. The maximum Gasteiger partial charge on any atom is 0.226 e. The Labute approximate surface area is 156 Å². The van der Waals surface area contributed by atoms with Crippen molar-refractivity contribution in [3.8, 4) is 0 Å². The number of hydrogen-bond acceptors (Lipinski definition) is 6. The smallest absolute Gasteiger partial charge is 0.226 e. The highest BCUT2D eigenvalue weighted by Crippen LogP contribution is 2.40. The number of hydrogen-bond donors (Lipinski definition) is 1. The molecule has 7 heteroatoms. The molecular formula is C19H31N5O2. The van der Waals surface area contributed by atoms with Crippen LogP contribution in [0.15, 0.2) is 6.07 Å². The predicted octanol–water partition coefficient (Wildman–Crippen LogP) is 1.44. The van der Waals surface area contributed by atoms with Crippen molar-refractivity contribution in [2.24, 2.45) is 5.41 Å². The maximum absolute atomic E-state index is 12.2. The third-order valence-corrected chi connectivity index (χ3v) is 5.55. The molecule has 0 aliphatic carbocycles. The third-order valence-electron chi connectivity index (χ3n) is 5.55. The van der Waals surface area contributed by atoms with Gasteiger partial charge in [0.25, 0.3) is 0 Å². The summed E-state index contributed by atoms with van der Waals surface area (Å²) in [4.78, 5) is 27.8. The summed E-state index contributed by atoms with van der Waals surface area (Å²) in [5, 5.41) is 9.11. The summed E-state index contributed by atoms with van der Waals surface area (Å²) in [6, 6.07) is 2.06. The molecule has 1 N–H and O–H groups in total. The zero-order chi connectivity index (χ0) is 18.7. The quantitative estimate of drug-likeness (QED) is 0.856. The van der Waals surface area contributed by atoms with Gasteiger partial charge >= 0.3 is 0 Å². The average Bonchev–Trinajstić information content (AvgIpc) is 2.62. The van der Waals surface area contributed by atoms with Crippen LogP contribution in [0.5, 0.6) is 0 Å². The second-order valence-electron chi connectivity index (χ2n) is 7.98. The first-order valence-electron chi connectivity index (χ1n) is 9.59. The van der Waals surface area contributed by atoms with Gasteiger partial charge in [-0.15, -0.1) is 0 Å². The first kappa shape index (κ1) is 18.9. The molecule has 0 bridgehead atoms. The minimum Gasteiger partial charge on any atom is -0.396 e. The van der Waals surface area contributed by atoms with Gasteiger partial charge in [0.1, 0.15) is 5.82 Å². The first-order chi connectivity index (χ1) is 12.4. The second-order valence-corrected chi connectivity index (χ2v) is 7.98. The average molecular weight is 361 g/mol. The summed E-state index contributed by atoms with van der Waals surface area (Å²) in [5.74, 6) is 1.95. The monoisotopic (exact) mass is 361 g/mol. The van der Waals surface area contributed by atoms with Gasteiger partial charge in [-0.25, -0.2) is 4.98 Å². The van der Waals surface area contributed by atoms with Crippen molar-refractivity contribution < 1.29 is 9.90 Å². The van der Waals surface area contributed by atoms with Crippen molar-refractivity contribution in [2.45, 2.75) is 39.0 Å². The van der Waals surface area contributed by atoms with E-state index in [1.54, 1.807) is 0 Å². The molecule has 7 nitrogen and oxygen atoms in total. The molecule has 1 aromatic heterocycles. The van der Waals surface area contributed by atoms with Gasteiger partial charge in [-0.05, 0) is 32.6 Å². The standard InChI is InChI=1S/C19H31N5O2/c1-15-12-16(21-18(20-15)22(2)3)23-9-4-7-19(13-23)8-6-17(26)24(14-19)10-5-11-25/h12,25H,4-11,13-14H2,1-3H3. The normalized spacial score (nSPS) is 23.6. The van der Waals surface area contributed by atoms with Gasteiger partial charge in [-0.1, -0.05) is 0 Å². The molecule has 1 spiro atoms. The number of carbonyl (C=O) groups excluding carboxylic acids is 1. The molecule has 0 saturated carbocycles. The van der Waals surface area contributed by atoms with E-state index in [0.29, 0.717) is 19.4 Å². The van der Waals surface area contributed by atoms with Crippen LogP contribution in [-0.4, -0.2) is 72.8 Å². The number of amides is 1. The van der Waals surface area contributed by atoms with Crippen LogP contribution >= 0.6 is 0 Å². The second kappa shape index (κ2) is 7.78. The summed E-state index contributed by atoms with van der Waals surface area (Å²) < 4.78 is 0. The molecule has 1 unspecified atom stereocenters. The Morgan fingerprint density at radius 3 is 2.81 bits per heavy atom. The van der Waals surface area contributed by atoms with Crippen LogP contribution in [0.2, 0.25) is 0 Å². The zero-order valence-corrected chi connectivity index (χ0v) is 16.2. The fraction of sp³-hybridized carbons (Fsp3) is 0.737. The molecule has 1 aromatic rings. The van der Waals surface area contributed by atoms with Gasteiger partial charge in [0.2, 0.25) is 11.9 Å². The number of nitrogens with zero attached hydrogens (tertiary/aromatic N) is 5. The minimum absolute atomic E-state index is 0.135. The molecule has 26 heavy (non-hydrogen) atoms. The topological polar surface area (TPSA) is 72.8 Å². The Morgan fingerprint density at radius 2 is 2.08 bits per heavy atom. The van der Waals surface area contributed by atoms with E-state index in [-0.39, 0.29) is 17.9 Å². The van der Waals surface area contributed by atoms with Crippen LogP contribution in [-0.2, 0) is 4.79 Å². The van der Waals surface area contributed by atoms with E-state index in [1.165, 1.54) is 0 Å². The van der Waals surface area contributed by atoms with Gasteiger partial charge in [0, 0.05) is 70.5 Å². The lowest BCUT2D eigenvalue weighted by atomic mass is 9.73. The molecule has 3 rings (SSSR count). The SMILES string of the molecule is Cc1cc(N2CCCC3(CCC(=O)N(CCCO)C3)C2)nc(N(C)C)n1. The van der Waals surface area contributed by atoms with Gasteiger partial charge in [0.05, 0.1) is 0 Å². The third kappa shape index (κ3) is 4.09. The zero-order valence-electron chi connectivity index (χ0n) is 16.2. The van der Waals surface area contributed by atoms with E-state index < -0.39 is 0 Å². The fourth-order valence-electron chi connectivity index (χ4n) is 4.20. The van der Waals surface area contributed by atoms with Gasteiger partial charge in [-0.3, -0.25) is 4.79 Å². The Hall–Kier alpha value is -1.89. The molecule has 144 valence electrons. The van der Waals surface area contributed by atoms with Crippen LogP contribution in [0.1, 0.15) is 37.8 Å². The molecule has 1 amide bonds. The van der Waals surface area contributed by atoms with Crippen molar-refractivity contribution in [2.75, 3.05) is 56.7 Å². The molecular weight excluding hydrogens is 330 g/mol. The number of rotatable bonds is 5. The molecule has 1 atom stereocenters. The molecule has 0 radical (unpaired) electrons. The number of aliphatic hydroxyl groups is 1. The lowest BCUT2D eigenvalue weighted by Crippen LogP contribution is -2.54. The van der Waals surface area contributed by atoms with E-state index in [0.717, 1.165) is 56.4 Å². The molecule has 3 heterocycles. The Bertz CT molecular complexity index is 651. The minimum atomic E-state index is 0.135. The number of aryl methyl sites for hydroxylation is 1. The van der Waals surface area contributed by atoms with Crippen LogP contribution in [0, 0.1) is 12.3 Å². The Balaban J connectivity index is 1.77. The molecule has 0 aromatic carbocycles. The lowest BCUT2D eigenvalue weighted by molar-refractivity contribution is -0.138. The van der Waals surface area contributed by atoms with Gasteiger partial charge < -0.3 is 19.8 Å². The number of likely N-dealkylation sites (tertiary alicyclic amines) is 1. The molecule has 2 aliphatic heterocycles. The highest BCUT2D eigenvalue weighted by molar-refractivity contribution is 5.77. The van der Waals surface area contributed by atoms with Crippen LogP contribution in [0.4, 0.5) is 11.8 Å². The van der Waals surface area contributed by atoms with Crippen molar-refractivity contribution >= 4 is 17.7 Å². The lowest BCUT2D eigenvalue weighted by Gasteiger charge is -2.48. The van der Waals surface area contributed by atoms with Crippen molar-refractivity contribution in [3.05, 3.63) is 11.8 Å². The highest BCUT2D eigenvalue weighted by atomic mass is 16.3. The number of piperidine rings is 2. The van der Waals surface area contributed by atoms with Crippen molar-refractivity contribution in [1.82, 2.24) is 14.9 Å². The largest absolute Gasteiger partial charge is 0.396 e. The van der Waals surface area contributed by atoms with Crippen molar-refractivity contribution in [3.63, 3.8) is 0 Å². The number of anilines is 2. The molecule has 2 saturated heterocycles. The van der Waals surface area contributed by atoms with Crippen LogP contribution in [0.3, 0.4) is 0 Å². The maximum atomic E-state index is 12.2. The van der Waals surface area contributed by atoms with E-state index in [1.807, 2.05) is 30.8 Å². The van der Waals surface area contributed by atoms with Gasteiger partial charge in [0.15, 0.2) is 0 Å². The summed E-state index contributed by atoms with van der Waals surface area (Å²) in [5.41, 5.74) is 1.11. The summed E-state index contributed by atoms with van der Waals surface area (Å²) in [6.07, 6.45) is 4.48. The predicted molar refractivity (Wildman–Crippen MR) is 102 cm³/mol. The number of aliphatic hydroxyl groups excluding tert-OH is 1. The summed E-state index contributed by atoms with van der Waals surface area (Å²) in [7, 11) is 3.92. The van der Waals surface area contributed by atoms with Crippen LogP contribution < -0.4 is 9.80 Å². The molecule has 2 fully saturated rings. The van der Waals surface area contributed by atoms with E-state index in [4.69, 9.17) is 10.1 Å². The molecule has 2 aliphatic rings. The summed E-state index contributed by atoms with van der Waals surface area (Å²) >= 11 is 0.